The topological polar surface area (TPSA) is 33.0 Å². The molecule has 6 aromatic rings. The van der Waals surface area contributed by atoms with Crippen LogP contribution in [0.15, 0.2) is 104 Å². The zero-order valence-corrected chi connectivity index (χ0v) is 24.9. The molecule has 1 aliphatic rings. The number of aromatic nitrogens is 2. The highest BCUT2D eigenvalue weighted by atomic mass is 16.5. The van der Waals surface area contributed by atoms with Gasteiger partial charge < -0.3 is 14.5 Å². The predicted octanol–water partition coefficient (Wildman–Crippen LogP) is 9.53. The Morgan fingerprint density at radius 1 is 0.714 bits per heavy atom. The monoisotopic (exact) mass is 552 g/mol. The van der Waals surface area contributed by atoms with Crippen LogP contribution in [0.5, 0.6) is 11.5 Å². The van der Waals surface area contributed by atoms with E-state index in [0.717, 1.165) is 46.1 Å². The average Bonchev–Trinajstić information content (AvgIpc) is 3.64. The highest BCUT2D eigenvalue weighted by molar-refractivity contribution is 6.12. The second kappa shape index (κ2) is 10.3. The first-order valence-electron chi connectivity index (χ1n) is 14.8. The second-order valence-electron chi connectivity index (χ2n) is 11.9. The third kappa shape index (κ3) is 4.37. The first kappa shape index (κ1) is 26.1. The molecule has 1 aliphatic heterocycles. The van der Waals surface area contributed by atoms with E-state index >= 15 is 0 Å². The van der Waals surface area contributed by atoms with Crippen molar-refractivity contribution >= 4 is 33.0 Å². The van der Waals surface area contributed by atoms with Crippen molar-refractivity contribution in [3.8, 4) is 22.8 Å². The number of para-hydroxylation sites is 1. The molecule has 0 atom stereocenters. The Morgan fingerprint density at radius 2 is 1.45 bits per heavy atom. The maximum absolute atomic E-state index is 6.47. The number of hydrogen-bond donors (Lipinski definition) is 0. The number of hydrogen-bond acceptors (Lipinski definition) is 4. The van der Waals surface area contributed by atoms with E-state index in [9.17, 15) is 0 Å². The summed E-state index contributed by atoms with van der Waals surface area (Å²) in [6.45, 7) is 9.92. The van der Waals surface area contributed by atoms with E-state index in [1.807, 2.05) is 12.1 Å². The summed E-state index contributed by atoms with van der Waals surface area (Å²) in [5, 5.41) is 3.44. The molecule has 4 aromatic carbocycles. The maximum atomic E-state index is 6.47. The van der Waals surface area contributed by atoms with E-state index in [1.165, 1.54) is 27.5 Å². The Bertz CT molecular complexity index is 1960. The fourth-order valence-corrected chi connectivity index (χ4v) is 6.27. The van der Waals surface area contributed by atoms with Crippen molar-refractivity contribution in [2.24, 2.45) is 0 Å². The number of ether oxygens (including phenoxy) is 1. The molecule has 2 aromatic heterocycles. The molecule has 0 radical (unpaired) electrons. The van der Waals surface area contributed by atoms with Gasteiger partial charge in [-0.2, -0.15) is 0 Å². The molecule has 0 spiro atoms. The molecule has 0 unspecified atom stereocenters. The average molecular weight is 553 g/mol. The van der Waals surface area contributed by atoms with Crippen LogP contribution >= 0.6 is 0 Å². The molecule has 5 nitrogen and oxygen atoms in total. The van der Waals surface area contributed by atoms with Gasteiger partial charge in [0, 0.05) is 47.5 Å². The molecule has 0 saturated heterocycles. The first-order valence-corrected chi connectivity index (χ1v) is 14.8. The molecule has 42 heavy (non-hydrogen) atoms. The summed E-state index contributed by atoms with van der Waals surface area (Å²) in [5.41, 5.74) is 8.34. The summed E-state index contributed by atoms with van der Waals surface area (Å²) < 4.78 is 8.82. The number of benzene rings is 4. The normalized spacial score (nSPS) is 13.5. The summed E-state index contributed by atoms with van der Waals surface area (Å²) in [6, 6.07) is 30.0. The van der Waals surface area contributed by atoms with Crippen molar-refractivity contribution < 1.29 is 4.74 Å². The van der Waals surface area contributed by atoms with Gasteiger partial charge in [-0.3, -0.25) is 4.40 Å². The number of rotatable bonds is 6. The van der Waals surface area contributed by atoms with Gasteiger partial charge in [-0.1, -0.05) is 70.2 Å². The Kier molecular flexibility index (Phi) is 6.38. The van der Waals surface area contributed by atoms with Crippen LogP contribution in [-0.2, 0) is 0 Å². The Labute approximate surface area is 247 Å². The molecule has 0 fully saturated rings. The third-order valence-electron chi connectivity index (χ3n) is 8.32. The number of pyridine rings is 1. The maximum Gasteiger partial charge on any atom is 0.145 e. The summed E-state index contributed by atoms with van der Waals surface area (Å²) in [5.74, 6) is 2.38. The predicted molar refractivity (Wildman–Crippen MR) is 175 cm³/mol. The van der Waals surface area contributed by atoms with E-state index in [-0.39, 0.29) is 0 Å². The van der Waals surface area contributed by atoms with Crippen LogP contribution in [0.3, 0.4) is 0 Å². The third-order valence-corrected chi connectivity index (χ3v) is 8.32. The molecule has 210 valence electrons. The smallest absolute Gasteiger partial charge is 0.145 e. The molecular formula is C37H36N4O. The summed E-state index contributed by atoms with van der Waals surface area (Å²) in [6.07, 6.45) is 6.23. The Hall–Kier alpha value is -4.77. The van der Waals surface area contributed by atoms with Crippen LogP contribution in [0.2, 0.25) is 0 Å². The first-order chi connectivity index (χ1) is 20.4. The largest absolute Gasteiger partial charge is 0.457 e. The number of fused-ring (bicyclic) bond motifs is 6. The van der Waals surface area contributed by atoms with Gasteiger partial charge in [0.05, 0.1) is 24.1 Å². The van der Waals surface area contributed by atoms with E-state index in [4.69, 9.17) is 9.72 Å². The standard InChI is InChI=1S/C37H36N4O/c1-24(2)29-13-9-14-30(25(3)4)36(29)35-22-38-37-33-21-28(16-17-31(33)32-12-6-7-15-34(32)41(35)37)42-27-11-8-10-26(20-27)40-19-18-39(5)23-40/h6-22,24-25H,23H2,1-5H3. The fraction of sp³-hybridized carbons (Fsp3) is 0.216. The molecule has 3 heterocycles. The minimum absolute atomic E-state index is 0.392. The van der Waals surface area contributed by atoms with Crippen molar-refractivity contribution in [3.05, 3.63) is 115 Å². The molecular weight excluding hydrogens is 516 g/mol. The molecule has 5 heteroatoms. The van der Waals surface area contributed by atoms with Crippen molar-refractivity contribution in [3.63, 3.8) is 0 Å². The van der Waals surface area contributed by atoms with Gasteiger partial charge in [0.25, 0.3) is 0 Å². The lowest BCUT2D eigenvalue weighted by molar-refractivity contribution is 0.481. The van der Waals surface area contributed by atoms with Gasteiger partial charge in [-0.15, -0.1) is 0 Å². The zero-order valence-electron chi connectivity index (χ0n) is 24.9. The van der Waals surface area contributed by atoms with E-state index in [1.54, 1.807) is 0 Å². The Morgan fingerprint density at radius 3 is 2.19 bits per heavy atom. The quantitative estimate of drug-likeness (QED) is 0.193. The summed E-state index contributed by atoms with van der Waals surface area (Å²) >= 11 is 0. The minimum Gasteiger partial charge on any atom is -0.457 e. The number of imidazole rings is 1. The van der Waals surface area contributed by atoms with Gasteiger partial charge in [-0.25, -0.2) is 4.98 Å². The van der Waals surface area contributed by atoms with Gasteiger partial charge in [0.15, 0.2) is 0 Å². The van der Waals surface area contributed by atoms with E-state index in [2.05, 4.69) is 140 Å². The van der Waals surface area contributed by atoms with Crippen molar-refractivity contribution in [2.75, 3.05) is 18.6 Å². The number of anilines is 1. The highest BCUT2D eigenvalue weighted by Crippen LogP contribution is 2.40. The Balaban J connectivity index is 1.41. The molecule has 0 N–H and O–H groups in total. The number of nitrogens with zero attached hydrogens (tertiary/aromatic N) is 4. The van der Waals surface area contributed by atoms with Crippen LogP contribution in [0, 0.1) is 0 Å². The van der Waals surface area contributed by atoms with Crippen molar-refractivity contribution in [1.29, 1.82) is 0 Å². The van der Waals surface area contributed by atoms with Crippen molar-refractivity contribution in [1.82, 2.24) is 14.3 Å². The molecule has 0 saturated carbocycles. The molecule has 0 amide bonds. The lowest BCUT2D eigenvalue weighted by Gasteiger charge is -2.20. The van der Waals surface area contributed by atoms with Crippen LogP contribution in [0.1, 0.15) is 50.7 Å². The SMILES string of the molecule is CC(C)c1cccc(C(C)C)c1-c1cnc2c3cc(Oc4cccc(N5C=CN(C)C5)c4)ccc3c3ccccc3n12. The molecule has 0 bridgehead atoms. The van der Waals surface area contributed by atoms with Crippen LogP contribution in [0.25, 0.3) is 38.6 Å². The van der Waals surface area contributed by atoms with Crippen LogP contribution in [-0.4, -0.2) is 28.0 Å². The molecule has 7 rings (SSSR count). The van der Waals surface area contributed by atoms with Gasteiger partial charge in [-0.05, 0) is 64.7 Å². The summed E-state index contributed by atoms with van der Waals surface area (Å²) in [7, 11) is 2.07. The summed E-state index contributed by atoms with van der Waals surface area (Å²) in [4.78, 5) is 9.44. The van der Waals surface area contributed by atoms with Gasteiger partial charge in [0.1, 0.15) is 17.1 Å². The van der Waals surface area contributed by atoms with Gasteiger partial charge >= 0.3 is 0 Å². The lowest BCUT2D eigenvalue weighted by atomic mass is 9.87. The van der Waals surface area contributed by atoms with Crippen molar-refractivity contribution in [2.45, 2.75) is 39.5 Å². The lowest BCUT2D eigenvalue weighted by Crippen LogP contribution is -2.21. The van der Waals surface area contributed by atoms with Gasteiger partial charge in [0.2, 0.25) is 0 Å². The van der Waals surface area contributed by atoms with Crippen LogP contribution in [0.4, 0.5) is 5.69 Å². The van der Waals surface area contributed by atoms with E-state index < -0.39 is 0 Å². The minimum atomic E-state index is 0.392. The van der Waals surface area contributed by atoms with Crippen LogP contribution < -0.4 is 9.64 Å². The fourth-order valence-electron chi connectivity index (χ4n) is 6.27. The van der Waals surface area contributed by atoms with E-state index in [0.29, 0.717) is 11.8 Å². The second-order valence-corrected chi connectivity index (χ2v) is 11.9. The zero-order chi connectivity index (χ0) is 29.0. The molecule has 0 aliphatic carbocycles. The highest BCUT2D eigenvalue weighted by Gasteiger charge is 2.21.